The summed E-state index contributed by atoms with van der Waals surface area (Å²) in [5, 5.41) is 27.7. The topological polar surface area (TPSA) is 113 Å². The van der Waals surface area contributed by atoms with Crippen LogP contribution in [0.2, 0.25) is 0 Å². The number of rotatable bonds is 6. The highest BCUT2D eigenvalue weighted by Crippen LogP contribution is 2.41. The summed E-state index contributed by atoms with van der Waals surface area (Å²) in [5.74, 6) is -1.44. The predicted octanol–water partition coefficient (Wildman–Crippen LogP) is 4.83. The lowest BCUT2D eigenvalue weighted by atomic mass is 9.72. The maximum absolute atomic E-state index is 13.0. The van der Waals surface area contributed by atoms with Crippen molar-refractivity contribution in [3.05, 3.63) is 59.7 Å². The number of aryl methyl sites for hydroxylation is 1. The second-order valence-corrected chi connectivity index (χ2v) is 9.15. The van der Waals surface area contributed by atoms with Crippen LogP contribution in [-0.2, 0) is 16.6 Å². The molecular formula is C24H26F3N5O3. The summed E-state index contributed by atoms with van der Waals surface area (Å²) in [5.41, 5.74) is 0.324. The van der Waals surface area contributed by atoms with Gasteiger partial charge in [0.05, 0.1) is 23.4 Å². The van der Waals surface area contributed by atoms with E-state index in [9.17, 15) is 28.2 Å². The normalized spacial score (nSPS) is 20.3. The van der Waals surface area contributed by atoms with Gasteiger partial charge < -0.3 is 15.5 Å². The highest BCUT2D eigenvalue weighted by molar-refractivity contribution is 5.70. The first-order valence-corrected chi connectivity index (χ1v) is 11.2. The molecule has 2 aromatic heterocycles. The molecule has 1 fully saturated rings. The van der Waals surface area contributed by atoms with Crippen molar-refractivity contribution >= 4 is 17.6 Å². The Balaban J connectivity index is 1.54. The van der Waals surface area contributed by atoms with Gasteiger partial charge in [-0.3, -0.25) is 4.79 Å². The highest BCUT2D eigenvalue weighted by atomic mass is 19.4. The Hall–Kier alpha value is -3.47. The summed E-state index contributed by atoms with van der Waals surface area (Å²) in [6, 6.07) is 6.09. The number of carbonyl (C=O) groups is 1. The van der Waals surface area contributed by atoms with Crippen LogP contribution in [0.25, 0.3) is 5.69 Å². The van der Waals surface area contributed by atoms with E-state index in [0.717, 1.165) is 17.8 Å². The number of benzene rings is 1. The number of carboxylic acids is 1. The van der Waals surface area contributed by atoms with Gasteiger partial charge in [0.15, 0.2) is 0 Å². The van der Waals surface area contributed by atoms with E-state index in [1.165, 1.54) is 0 Å². The van der Waals surface area contributed by atoms with Gasteiger partial charge in [-0.05, 0) is 75.3 Å². The average Bonchev–Trinajstić information content (AvgIpc) is 3.30. The van der Waals surface area contributed by atoms with E-state index in [-0.39, 0.29) is 17.8 Å². The summed E-state index contributed by atoms with van der Waals surface area (Å²) < 4.78 is 40.5. The van der Waals surface area contributed by atoms with Crippen molar-refractivity contribution in [2.24, 2.45) is 11.8 Å². The molecule has 0 radical (unpaired) electrons. The molecule has 3 N–H and O–H groups in total. The molecule has 0 spiro atoms. The standard InChI is InChI=1S/C24H26F3N5O3/c1-14-9-18(30-22-28-8-7-20(31-22)24(25,26)27)11-19(10-14)32-13-17(12-29-32)23(2,35)16-5-3-15(4-6-16)21(33)34/h7-13,15-16,35H,3-6H2,1-2H3,(H,33,34)(H,28,30,31). The fourth-order valence-electron chi connectivity index (χ4n) is 4.54. The SMILES string of the molecule is Cc1cc(Nc2nccc(C(F)(F)F)n2)cc(-n2cc(C(C)(O)C3CCC(C(=O)O)CC3)cn2)c1. The Kier molecular flexibility index (Phi) is 6.54. The van der Waals surface area contributed by atoms with Crippen LogP contribution in [0.15, 0.2) is 42.9 Å². The van der Waals surface area contributed by atoms with Crippen LogP contribution in [0.5, 0.6) is 0 Å². The molecule has 8 nitrogen and oxygen atoms in total. The number of hydrogen-bond acceptors (Lipinski definition) is 6. The minimum absolute atomic E-state index is 0.0939. The molecule has 0 saturated heterocycles. The van der Waals surface area contributed by atoms with Gasteiger partial charge in [0.25, 0.3) is 0 Å². The zero-order chi connectivity index (χ0) is 25.4. The van der Waals surface area contributed by atoms with Crippen molar-refractivity contribution in [2.75, 3.05) is 5.32 Å². The van der Waals surface area contributed by atoms with Crippen LogP contribution >= 0.6 is 0 Å². The number of alkyl halides is 3. The second-order valence-electron chi connectivity index (χ2n) is 9.15. The van der Waals surface area contributed by atoms with Crippen molar-refractivity contribution in [1.82, 2.24) is 19.7 Å². The molecule has 1 saturated carbocycles. The number of carboxylic acid groups (broad SMARTS) is 1. The maximum atomic E-state index is 13.0. The van der Waals surface area contributed by atoms with Gasteiger partial charge in [-0.15, -0.1) is 0 Å². The lowest BCUT2D eigenvalue weighted by molar-refractivity contribution is -0.144. The quantitative estimate of drug-likeness (QED) is 0.454. The fourth-order valence-corrected chi connectivity index (χ4v) is 4.54. The number of halogens is 3. The summed E-state index contributed by atoms with van der Waals surface area (Å²) >= 11 is 0. The molecule has 1 aliphatic rings. The van der Waals surface area contributed by atoms with Crippen molar-refractivity contribution in [2.45, 2.75) is 51.3 Å². The monoisotopic (exact) mass is 489 g/mol. The number of nitrogens with one attached hydrogen (secondary N) is 1. The lowest BCUT2D eigenvalue weighted by Gasteiger charge is -2.36. The summed E-state index contributed by atoms with van der Waals surface area (Å²) in [6.45, 7) is 3.55. The van der Waals surface area contributed by atoms with Crippen LogP contribution in [0, 0.1) is 18.8 Å². The summed E-state index contributed by atoms with van der Waals surface area (Å²) in [7, 11) is 0. The molecule has 4 rings (SSSR count). The third kappa shape index (κ3) is 5.45. The maximum Gasteiger partial charge on any atom is 0.433 e. The van der Waals surface area contributed by atoms with Crippen LogP contribution < -0.4 is 5.32 Å². The van der Waals surface area contributed by atoms with Crippen molar-refractivity contribution in [3.8, 4) is 5.69 Å². The van der Waals surface area contributed by atoms with E-state index in [2.05, 4.69) is 20.4 Å². The molecule has 35 heavy (non-hydrogen) atoms. The summed E-state index contributed by atoms with van der Waals surface area (Å²) in [6.07, 6.45) is 2.00. The van der Waals surface area contributed by atoms with Crippen LogP contribution in [0.4, 0.5) is 24.8 Å². The molecule has 2 heterocycles. The highest BCUT2D eigenvalue weighted by Gasteiger charge is 2.39. The third-order valence-electron chi connectivity index (χ3n) is 6.57. The van der Waals surface area contributed by atoms with Crippen LogP contribution in [0.1, 0.15) is 49.4 Å². The Labute approximate surface area is 199 Å². The van der Waals surface area contributed by atoms with Gasteiger partial charge in [-0.2, -0.15) is 18.3 Å². The van der Waals surface area contributed by atoms with E-state index in [1.54, 1.807) is 36.1 Å². The van der Waals surface area contributed by atoms with Crippen molar-refractivity contribution in [3.63, 3.8) is 0 Å². The molecule has 1 aromatic carbocycles. The van der Waals surface area contributed by atoms with Gasteiger partial charge in [-0.25, -0.2) is 14.6 Å². The fraction of sp³-hybridized carbons (Fsp3) is 0.417. The minimum Gasteiger partial charge on any atom is -0.481 e. The number of aliphatic hydroxyl groups is 1. The number of nitrogens with zero attached hydrogens (tertiary/aromatic N) is 4. The molecule has 0 aliphatic heterocycles. The Morgan fingerprint density at radius 1 is 1.17 bits per heavy atom. The van der Waals surface area contributed by atoms with Gasteiger partial charge >= 0.3 is 12.1 Å². The molecule has 11 heteroatoms. The molecule has 0 amide bonds. The first-order valence-electron chi connectivity index (χ1n) is 11.2. The average molecular weight is 489 g/mol. The Morgan fingerprint density at radius 3 is 2.54 bits per heavy atom. The Bertz CT molecular complexity index is 1220. The van der Waals surface area contributed by atoms with Gasteiger partial charge in [-0.1, -0.05) is 0 Å². The first kappa shape index (κ1) is 24.6. The third-order valence-corrected chi connectivity index (χ3v) is 6.57. The molecule has 0 bridgehead atoms. The number of hydrogen-bond donors (Lipinski definition) is 3. The predicted molar refractivity (Wildman–Crippen MR) is 121 cm³/mol. The molecular weight excluding hydrogens is 463 g/mol. The van der Waals surface area contributed by atoms with Gasteiger partial charge in [0, 0.05) is 23.6 Å². The minimum atomic E-state index is -4.58. The van der Waals surface area contributed by atoms with Crippen LogP contribution in [-0.4, -0.2) is 35.9 Å². The van der Waals surface area contributed by atoms with Crippen molar-refractivity contribution in [1.29, 1.82) is 0 Å². The molecule has 1 aliphatic carbocycles. The van der Waals surface area contributed by atoms with E-state index in [0.29, 0.717) is 42.6 Å². The van der Waals surface area contributed by atoms with E-state index in [1.807, 2.05) is 13.0 Å². The second kappa shape index (κ2) is 9.29. The zero-order valence-corrected chi connectivity index (χ0v) is 19.3. The lowest BCUT2D eigenvalue weighted by Crippen LogP contribution is -2.35. The van der Waals surface area contributed by atoms with Crippen molar-refractivity contribution < 1.29 is 28.2 Å². The van der Waals surface area contributed by atoms with Crippen LogP contribution in [0.3, 0.4) is 0 Å². The van der Waals surface area contributed by atoms with Gasteiger partial charge in [0.1, 0.15) is 5.69 Å². The largest absolute Gasteiger partial charge is 0.481 e. The molecule has 186 valence electrons. The first-order chi connectivity index (χ1) is 16.4. The molecule has 3 aromatic rings. The van der Waals surface area contributed by atoms with E-state index in [4.69, 9.17) is 0 Å². The number of aliphatic carboxylic acids is 1. The molecule has 1 atom stereocenters. The Morgan fingerprint density at radius 2 is 1.89 bits per heavy atom. The van der Waals surface area contributed by atoms with E-state index < -0.39 is 23.4 Å². The van der Waals surface area contributed by atoms with E-state index >= 15 is 0 Å². The summed E-state index contributed by atoms with van der Waals surface area (Å²) in [4.78, 5) is 18.6. The number of aromatic nitrogens is 4. The van der Waals surface area contributed by atoms with Gasteiger partial charge in [0.2, 0.25) is 5.95 Å². The smallest absolute Gasteiger partial charge is 0.433 e. The number of anilines is 2. The molecule has 1 unspecified atom stereocenters. The zero-order valence-electron chi connectivity index (χ0n) is 19.3.